The summed E-state index contributed by atoms with van der Waals surface area (Å²) < 4.78 is 5.01. The van der Waals surface area contributed by atoms with E-state index in [4.69, 9.17) is 4.74 Å². The summed E-state index contributed by atoms with van der Waals surface area (Å²) in [5.41, 5.74) is 2.80. The highest BCUT2D eigenvalue weighted by molar-refractivity contribution is 5.94. The Morgan fingerprint density at radius 3 is 2.90 bits per heavy atom. The van der Waals surface area contributed by atoms with Gasteiger partial charge in [-0.25, -0.2) is 4.79 Å². The molecule has 1 fully saturated rings. The summed E-state index contributed by atoms with van der Waals surface area (Å²) in [6, 6.07) is 8.04. The minimum absolute atomic E-state index is 0.232. The lowest BCUT2D eigenvalue weighted by molar-refractivity contribution is 0.0520. The van der Waals surface area contributed by atoms with Gasteiger partial charge in [-0.2, -0.15) is 10.3 Å². The number of benzene rings is 1. The average Bonchev–Trinajstić information content (AvgIpc) is 3.19. The quantitative estimate of drug-likeness (QED) is 0.873. The minimum atomic E-state index is -0.451. The maximum atomic E-state index is 11.9. The van der Waals surface area contributed by atoms with Crippen LogP contribution in [0, 0.1) is 0 Å². The molecule has 0 aliphatic carbocycles. The van der Waals surface area contributed by atoms with Gasteiger partial charge in [-0.1, -0.05) is 12.1 Å². The van der Waals surface area contributed by atoms with Crippen LogP contribution in [0.15, 0.2) is 24.3 Å². The molecule has 0 atom stereocenters. The molecule has 2 aromatic rings. The summed E-state index contributed by atoms with van der Waals surface area (Å²) in [7, 11) is 0. The molecule has 3 rings (SSSR count). The third kappa shape index (κ3) is 2.74. The molecule has 1 aromatic carbocycles. The largest absolute Gasteiger partial charge is 0.461 e. The molecule has 0 saturated carbocycles. The second-order valence-electron chi connectivity index (χ2n) is 4.99. The second-order valence-corrected chi connectivity index (χ2v) is 4.99. The van der Waals surface area contributed by atoms with Crippen LogP contribution in [0.2, 0.25) is 0 Å². The zero-order valence-corrected chi connectivity index (χ0v) is 12.0. The number of hydrogen-bond acceptors (Lipinski definition) is 5. The number of nitrogens with zero attached hydrogens (tertiary/aromatic N) is 3. The van der Waals surface area contributed by atoms with Crippen LogP contribution >= 0.6 is 0 Å². The molecule has 0 bridgehead atoms. The normalized spacial score (nSPS) is 14.4. The molecule has 6 nitrogen and oxygen atoms in total. The zero-order chi connectivity index (χ0) is 14.7. The lowest BCUT2D eigenvalue weighted by Gasteiger charge is -2.18. The van der Waals surface area contributed by atoms with Gasteiger partial charge in [0.05, 0.1) is 6.61 Å². The standard InChI is InChI=1S/C15H18N4O2/c1-2-21-15(20)14-13(16-18-17-14)11-6-5-7-12(10-11)19-8-3-4-9-19/h5-7,10H,2-4,8-9H2,1H3,(H,16,17,18). The lowest BCUT2D eigenvalue weighted by Crippen LogP contribution is -2.17. The molecule has 1 aliphatic rings. The van der Waals surface area contributed by atoms with Gasteiger partial charge in [-0.15, -0.1) is 5.10 Å². The van der Waals surface area contributed by atoms with E-state index in [0.717, 1.165) is 24.3 Å². The summed E-state index contributed by atoms with van der Waals surface area (Å²) in [5.74, 6) is -0.451. The Hall–Kier alpha value is -2.37. The number of nitrogens with one attached hydrogen (secondary N) is 1. The Morgan fingerprint density at radius 2 is 2.14 bits per heavy atom. The number of esters is 1. The number of aromatic amines is 1. The smallest absolute Gasteiger partial charge is 0.361 e. The molecular formula is C15H18N4O2. The second kappa shape index (κ2) is 5.95. The monoisotopic (exact) mass is 286 g/mol. The topological polar surface area (TPSA) is 71.1 Å². The molecule has 1 N–H and O–H groups in total. The zero-order valence-electron chi connectivity index (χ0n) is 12.0. The van der Waals surface area contributed by atoms with Crippen LogP contribution in [-0.2, 0) is 4.74 Å². The van der Waals surface area contributed by atoms with Crippen LogP contribution in [0.5, 0.6) is 0 Å². The highest BCUT2D eigenvalue weighted by Crippen LogP contribution is 2.27. The van der Waals surface area contributed by atoms with Crippen molar-refractivity contribution in [3.63, 3.8) is 0 Å². The Kier molecular flexibility index (Phi) is 3.85. The van der Waals surface area contributed by atoms with E-state index >= 15 is 0 Å². The van der Waals surface area contributed by atoms with Crippen molar-refractivity contribution in [3.8, 4) is 11.3 Å². The average molecular weight is 286 g/mol. The summed E-state index contributed by atoms with van der Waals surface area (Å²) >= 11 is 0. The van der Waals surface area contributed by atoms with E-state index in [-0.39, 0.29) is 5.69 Å². The van der Waals surface area contributed by atoms with Crippen LogP contribution in [0.4, 0.5) is 5.69 Å². The first-order chi connectivity index (χ1) is 10.3. The minimum Gasteiger partial charge on any atom is -0.461 e. The Morgan fingerprint density at radius 1 is 1.33 bits per heavy atom. The van der Waals surface area contributed by atoms with Crippen molar-refractivity contribution in [2.75, 3.05) is 24.6 Å². The molecule has 2 heterocycles. The maximum absolute atomic E-state index is 11.9. The number of H-pyrrole nitrogens is 1. The van der Waals surface area contributed by atoms with Crippen molar-refractivity contribution in [2.45, 2.75) is 19.8 Å². The van der Waals surface area contributed by atoms with Gasteiger partial charge in [0.25, 0.3) is 0 Å². The first kappa shape index (κ1) is 13.6. The molecule has 0 amide bonds. The molecule has 1 aromatic heterocycles. The van der Waals surface area contributed by atoms with Crippen LogP contribution in [0.25, 0.3) is 11.3 Å². The summed E-state index contributed by atoms with van der Waals surface area (Å²) in [6.45, 7) is 4.24. The lowest BCUT2D eigenvalue weighted by atomic mass is 10.1. The fourth-order valence-corrected chi connectivity index (χ4v) is 2.60. The van der Waals surface area contributed by atoms with Gasteiger partial charge in [-0.05, 0) is 31.9 Å². The molecule has 110 valence electrons. The molecule has 1 saturated heterocycles. The summed E-state index contributed by atoms with van der Waals surface area (Å²) in [5, 5.41) is 10.5. The number of hydrogen-bond donors (Lipinski definition) is 1. The summed E-state index contributed by atoms with van der Waals surface area (Å²) in [6.07, 6.45) is 2.45. The van der Waals surface area contributed by atoms with Crippen LogP contribution < -0.4 is 4.90 Å². The Bertz CT molecular complexity index is 632. The van der Waals surface area contributed by atoms with Crippen molar-refractivity contribution in [1.29, 1.82) is 0 Å². The van der Waals surface area contributed by atoms with Gasteiger partial charge in [0.15, 0.2) is 5.69 Å². The van der Waals surface area contributed by atoms with E-state index in [9.17, 15) is 4.79 Å². The van der Waals surface area contributed by atoms with Gasteiger partial charge in [0.2, 0.25) is 0 Å². The highest BCUT2D eigenvalue weighted by Gasteiger charge is 2.20. The first-order valence-electron chi connectivity index (χ1n) is 7.23. The maximum Gasteiger partial charge on any atom is 0.361 e. The van der Waals surface area contributed by atoms with Gasteiger partial charge < -0.3 is 9.64 Å². The number of aromatic nitrogens is 3. The number of carbonyl (C=O) groups excluding carboxylic acids is 1. The van der Waals surface area contributed by atoms with E-state index in [2.05, 4.69) is 26.4 Å². The molecule has 6 heteroatoms. The molecule has 0 unspecified atom stereocenters. The van der Waals surface area contributed by atoms with Crippen LogP contribution in [-0.4, -0.2) is 41.1 Å². The molecule has 21 heavy (non-hydrogen) atoms. The SMILES string of the molecule is CCOC(=O)c1n[nH]nc1-c1cccc(N2CCCC2)c1. The van der Waals surface area contributed by atoms with E-state index in [0.29, 0.717) is 12.3 Å². The van der Waals surface area contributed by atoms with Crippen molar-refractivity contribution < 1.29 is 9.53 Å². The molecule has 0 spiro atoms. The summed E-state index contributed by atoms with van der Waals surface area (Å²) in [4.78, 5) is 14.2. The van der Waals surface area contributed by atoms with Crippen molar-refractivity contribution in [1.82, 2.24) is 15.4 Å². The molecule has 0 radical (unpaired) electrons. The van der Waals surface area contributed by atoms with Gasteiger partial charge in [0, 0.05) is 24.3 Å². The fourth-order valence-electron chi connectivity index (χ4n) is 2.60. The molecular weight excluding hydrogens is 268 g/mol. The predicted molar refractivity (Wildman–Crippen MR) is 79.2 cm³/mol. The van der Waals surface area contributed by atoms with Crippen molar-refractivity contribution in [2.24, 2.45) is 0 Å². The molecule has 1 aliphatic heterocycles. The van der Waals surface area contributed by atoms with Gasteiger partial charge in [-0.3, -0.25) is 0 Å². The number of carbonyl (C=O) groups is 1. The Balaban J connectivity index is 1.92. The fraction of sp³-hybridized carbons (Fsp3) is 0.400. The third-order valence-corrected chi connectivity index (χ3v) is 3.61. The predicted octanol–water partition coefficient (Wildman–Crippen LogP) is 2.25. The first-order valence-corrected chi connectivity index (χ1v) is 7.23. The van der Waals surface area contributed by atoms with E-state index < -0.39 is 5.97 Å². The number of ether oxygens (including phenoxy) is 1. The number of anilines is 1. The van der Waals surface area contributed by atoms with E-state index in [1.807, 2.05) is 18.2 Å². The van der Waals surface area contributed by atoms with Crippen molar-refractivity contribution >= 4 is 11.7 Å². The highest BCUT2D eigenvalue weighted by atomic mass is 16.5. The van der Waals surface area contributed by atoms with Crippen LogP contribution in [0.1, 0.15) is 30.3 Å². The van der Waals surface area contributed by atoms with E-state index in [1.54, 1.807) is 6.92 Å². The van der Waals surface area contributed by atoms with E-state index in [1.165, 1.54) is 12.8 Å². The van der Waals surface area contributed by atoms with Crippen molar-refractivity contribution in [3.05, 3.63) is 30.0 Å². The van der Waals surface area contributed by atoms with Gasteiger partial charge >= 0.3 is 5.97 Å². The van der Waals surface area contributed by atoms with Gasteiger partial charge in [0.1, 0.15) is 5.69 Å². The third-order valence-electron chi connectivity index (χ3n) is 3.61. The Labute approximate surface area is 123 Å². The number of rotatable bonds is 4. The van der Waals surface area contributed by atoms with Crippen LogP contribution in [0.3, 0.4) is 0 Å².